The molecule has 1 unspecified atom stereocenters. The van der Waals surface area contributed by atoms with Gasteiger partial charge in [-0.2, -0.15) is 0 Å². The van der Waals surface area contributed by atoms with Crippen LogP contribution in [0.4, 0.5) is 4.39 Å². The number of halogens is 2. The smallest absolute Gasteiger partial charge is 0.123 e. The van der Waals surface area contributed by atoms with Gasteiger partial charge in [-0.05, 0) is 53.1 Å². The zero-order chi connectivity index (χ0) is 13.9. The van der Waals surface area contributed by atoms with Crippen LogP contribution in [0, 0.1) is 5.82 Å². The maximum absolute atomic E-state index is 13.0. The Bertz CT molecular complexity index is 634. The van der Waals surface area contributed by atoms with Gasteiger partial charge in [0.05, 0.1) is 0 Å². The van der Waals surface area contributed by atoms with Gasteiger partial charge in [0, 0.05) is 9.72 Å². The summed E-state index contributed by atoms with van der Waals surface area (Å²) in [7, 11) is 0. The second kappa shape index (κ2) is 6.15. The van der Waals surface area contributed by atoms with Crippen LogP contribution < -0.4 is 0 Å². The van der Waals surface area contributed by atoms with E-state index in [9.17, 15) is 4.39 Å². The molecule has 1 aliphatic heterocycles. The van der Waals surface area contributed by atoms with E-state index in [-0.39, 0.29) is 5.82 Å². The molecule has 0 spiro atoms. The summed E-state index contributed by atoms with van der Waals surface area (Å²) < 4.78 is 13.0. The third kappa shape index (κ3) is 2.99. The summed E-state index contributed by atoms with van der Waals surface area (Å²) in [5.41, 5.74) is 3.59. The zero-order valence-corrected chi connectivity index (χ0v) is 13.3. The minimum Gasteiger partial charge on any atom is -0.207 e. The van der Waals surface area contributed by atoms with Crippen molar-refractivity contribution in [3.05, 3.63) is 65.5 Å². The van der Waals surface area contributed by atoms with Gasteiger partial charge >= 0.3 is 0 Å². The van der Waals surface area contributed by atoms with Crippen LogP contribution in [0.3, 0.4) is 0 Å². The molecule has 0 fully saturated rings. The van der Waals surface area contributed by atoms with Gasteiger partial charge < -0.3 is 0 Å². The Balaban J connectivity index is 2.07. The van der Waals surface area contributed by atoms with Gasteiger partial charge in [0.1, 0.15) is 5.82 Å². The van der Waals surface area contributed by atoms with Crippen molar-refractivity contribution >= 4 is 39.3 Å². The number of hydrogen-bond donors (Lipinski definition) is 0. The third-order valence-corrected chi connectivity index (χ3v) is 5.41. The number of hydrogen-bond acceptors (Lipinski definition) is 1. The van der Waals surface area contributed by atoms with Crippen LogP contribution in [0.15, 0.2) is 53.4 Å². The standard InChI is InChI=1S/C17H14BrFS/c18-16-9-10-20-17-4-2-1-3-14(17)15(16)11-12-5-7-13(19)8-6-12/h1-8,11,16H,9-10H2/b15-11+. The molecule has 0 amide bonds. The van der Waals surface area contributed by atoms with E-state index >= 15 is 0 Å². The molecule has 0 aromatic heterocycles. The zero-order valence-electron chi connectivity index (χ0n) is 10.9. The molecule has 1 atom stereocenters. The SMILES string of the molecule is Fc1ccc(/C=C2\c3ccccc3SCCC2Br)cc1. The summed E-state index contributed by atoms with van der Waals surface area (Å²) in [6, 6.07) is 15.1. The first-order valence-corrected chi connectivity index (χ1v) is 8.47. The third-order valence-electron chi connectivity index (χ3n) is 3.36. The molecule has 0 aliphatic carbocycles. The van der Waals surface area contributed by atoms with Crippen molar-refractivity contribution in [2.45, 2.75) is 16.1 Å². The molecule has 3 heteroatoms. The molecule has 3 rings (SSSR count). The molecular weight excluding hydrogens is 335 g/mol. The van der Waals surface area contributed by atoms with Crippen molar-refractivity contribution < 1.29 is 4.39 Å². The first kappa shape index (κ1) is 13.9. The molecule has 0 nitrogen and oxygen atoms in total. The lowest BCUT2D eigenvalue weighted by Crippen LogP contribution is -2.01. The molecule has 0 saturated heterocycles. The Morgan fingerprint density at radius 1 is 1.10 bits per heavy atom. The summed E-state index contributed by atoms with van der Waals surface area (Å²) in [5, 5.41) is 0. The number of allylic oxidation sites excluding steroid dienone is 1. The van der Waals surface area contributed by atoms with Crippen LogP contribution in [-0.4, -0.2) is 10.6 Å². The number of fused-ring (bicyclic) bond motifs is 1. The fraction of sp³-hybridized carbons (Fsp3) is 0.176. The van der Waals surface area contributed by atoms with Gasteiger partial charge in [-0.25, -0.2) is 4.39 Å². The Morgan fingerprint density at radius 2 is 1.85 bits per heavy atom. The lowest BCUT2D eigenvalue weighted by atomic mass is 9.98. The van der Waals surface area contributed by atoms with Crippen LogP contribution in [0.5, 0.6) is 0 Å². The lowest BCUT2D eigenvalue weighted by Gasteiger charge is -2.13. The fourth-order valence-corrected chi connectivity index (χ4v) is 4.33. The molecule has 0 N–H and O–H groups in total. The monoisotopic (exact) mass is 348 g/mol. The maximum Gasteiger partial charge on any atom is 0.123 e. The van der Waals surface area contributed by atoms with Gasteiger partial charge in [0.25, 0.3) is 0 Å². The van der Waals surface area contributed by atoms with Gasteiger partial charge in [-0.15, -0.1) is 11.8 Å². The quantitative estimate of drug-likeness (QED) is 0.602. The van der Waals surface area contributed by atoms with Crippen molar-refractivity contribution in [1.29, 1.82) is 0 Å². The minimum absolute atomic E-state index is 0.195. The Hall–Kier alpha value is -1.06. The fourth-order valence-electron chi connectivity index (χ4n) is 2.33. The predicted octanol–water partition coefficient (Wildman–Crippen LogP) is 5.63. The van der Waals surface area contributed by atoms with Crippen molar-refractivity contribution in [3.63, 3.8) is 0 Å². The molecule has 1 heterocycles. The average Bonchev–Trinajstić information content (AvgIpc) is 2.62. The van der Waals surface area contributed by atoms with Crippen LogP contribution >= 0.6 is 27.7 Å². The van der Waals surface area contributed by atoms with E-state index in [0.29, 0.717) is 4.83 Å². The number of alkyl halides is 1. The number of benzene rings is 2. The molecule has 102 valence electrons. The van der Waals surface area contributed by atoms with Crippen molar-refractivity contribution in [2.24, 2.45) is 0 Å². The first-order valence-electron chi connectivity index (χ1n) is 6.57. The van der Waals surface area contributed by atoms with Gasteiger partial charge in [-0.3, -0.25) is 0 Å². The molecule has 0 radical (unpaired) electrons. The van der Waals surface area contributed by atoms with E-state index in [2.05, 4.69) is 46.3 Å². The van der Waals surface area contributed by atoms with Gasteiger partial charge in [-0.1, -0.05) is 46.3 Å². The normalized spacial score (nSPS) is 20.5. The van der Waals surface area contributed by atoms with Gasteiger partial charge in [0.15, 0.2) is 0 Å². The highest BCUT2D eigenvalue weighted by Crippen LogP contribution is 2.39. The van der Waals surface area contributed by atoms with E-state index in [1.807, 2.05) is 23.9 Å². The molecule has 1 aliphatic rings. The van der Waals surface area contributed by atoms with Crippen LogP contribution in [-0.2, 0) is 0 Å². The summed E-state index contributed by atoms with van der Waals surface area (Å²) in [6.45, 7) is 0. The van der Waals surface area contributed by atoms with Gasteiger partial charge in [0.2, 0.25) is 0 Å². The predicted molar refractivity (Wildman–Crippen MR) is 88.8 cm³/mol. The molecule has 2 aromatic rings. The second-order valence-electron chi connectivity index (χ2n) is 4.75. The van der Waals surface area contributed by atoms with E-state index in [0.717, 1.165) is 17.7 Å². The first-order chi connectivity index (χ1) is 9.74. The largest absolute Gasteiger partial charge is 0.207 e. The van der Waals surface area contributed by atoms with E-state index in [4.69, 9.17) is 0 Å². The molecule has 0 bridgehead atoms. The Morgan fingerprint density at radius 3 is 2.65 bits per heavy atom. The van der Waals surface area contributed by atoms with Crippen molar-refractivity contribution in [3.8, 4) is 0 Å². The highest BCUT2D eigenvalue weighted by Gasteiger charge is 2.19. The Kier molecular flexibility index (Phi) is 4.27. The summed E-state index contributed by atoms with van der Waals surface area (Å²) in [6.07, 6.45) is 3.25. The van der Waals surface area contributed by atoms with Crippen LogP contribution in [0.25, 0.3) is 11.6 Å². The van der Waals surface area contributed by atoms with Crippen LogP contribution in [0.1, 0.15) is 17.5 Å². The Labute approximate surface area is 131 Å². The molecule has 0 saturated carbocycles. The minimum atomic E-state index is -0.195. The van der Waals surface area contributed by atoms with E-state index < -0.39 is 0 Å². The molecular formula is C17H14BrFS. The lowest BCUT2D eigenvalue weighted by molar-refractivity contribution is 0.628. The van der Waals surface area contributed by atoms with Crippen LogP contribution in [0.2, 0.25) is 0 Å². The number of rotatable bonds is 1. The highest BCUT2D eigenvalue weighted by atomic mass is 79.9. The second-order valence-corrected chi connectivity index (χ2v) is 6.99. The summed E-state index contributed by atoms with van der Waals surface area (Å²) >= 11 is 5.69. The summed E-state index contributed by atoms with van der Waals surface area (Å²) in [5.74, 6) is 0.910. The average molecular weight is 349 g/mol. The van der Waals surface area contributed by atoms with E-state index in [1.54, 1.807) is 0 Å². The van der Waals surface area contributed by atoms with E-state index in [1.165, 1.54) is 28.2 Å². The maximum atomic E-state index is 13.0. The van der Waals surface area contributed by atoms with Crippen molar-refractivity contribution in [1.82, 2.24) is 0 Å². The number of thioether (sulfide) groups is 1. The van der Waals surface area contributed by atoms with Crippen molar-refractivity contribution in [2.75, 3.05) is 5.75 Å². The molecule has 20 heavy (non-hydrogen) atoms. The highest BCUT2D eigenvalue weighted by molar-refractivity contribution is 9.09. The summed E-state index contributed by atoms with van der Waals surface area (Å²) in [4.78, 5) is 1.66. The molecule has 2 aromatic carbocycles. The topological polar surface area (TPSA) is 0 Å².